The number of benzene rings is 1. The number of carbonyl (C=O) groups excluding carboxylic acids is 1. The van der Waals surface area contributed by atoms with Gasteiger partial charge in [-0.1, -0.05) is 30.3 Å². The predicted molar refractivity (Wildman–Crippen MR) is 52.9 cm³/mol. The van der Waals surface area contributed by atoms with Gasteiger partial charge in [-0.2, -0.15) is 0 Å². The Kier molecular flexibility index (Phi) is 2.79. The van der Waals surface area contributed by atoms with Crippen molar-refractivity contribution in [1.29, 1.82) is 0 Å². The molecule has 0 saturated carbocycles. The van der Waals surface area contributed by atoms with Gasteiger partial charge in [-0.05, 0) is 12.0 Å². The normalized spacial score (nSPS) is 21.7. The summed E-state index contributed by atoms with van der Waals surface area (Å²) in [6.45, 7) is 0.811. The van der Waals surface area contributed by atoms with Crippen LogP contribution in [0.15, 0.2) is 30.3 Å². The lowest BCUT2D eigenvalue weighted by Gasteiger charge is -2.23. The molecule has 1 atom stereocenters. The number of rotatable bonds is 2. The second kappa shape index (κ2) is 4.24. The quantitative estimate of drug-likeness (QED) is 0.749. The summed E-state index contributed by atoms with van der Waals surface area (Å²) in [7, 11) is 0. The summed E-state index contributed by atoms with van der Waals surface area (Å²) in [5, 5.41) is 2.90. The minimum Gasteiger partial charge on any atom is -0.369 e. The van der Waals surface area contributed by atoms with Crippen LogP contribution in [0, 0.1) is 0 Å². The molecular weight excluding hydrogens is 178 g/mol. The maximum Gasteiger partial charge on any atom is 0.246 e. The molecule has 0 aliphatic carbocycles. The molecule has 1 aromatic carbocycles. The van der Waals surface area contributed by atoms with E-state index < -0.39 is 0 Å². The van der Waals surface area contributed by atoms with E-state index in [4.69, 9.17) is 4.74 Å². The summed E-state index contributed by atoms with van der Waals surface area (Å²) >= 11 is 0. The van der Waals surface area contributed by atoms with Crippen molar-refractivity contribution in [2.75, 3.05) is 13.2 Å². The van der Waals surface area contributed by atoms with Crippen LogP contribution in [0.2, 0.25) is 0 Å². The Morgan fingerprint density at radius 3 is 2.86 bits per heavy atom. The third kappa shape index (κ3) is 2.33. The summed E-state index contributed by atoms with van der Waals surface area (Å²) in [4.78, 5) is 11.0. The largest absolute Gasteiger partial charge is 0.369 e. The Bertz CT molecular complexity index is 310. The van der Waals surface area contributed by atoms with Crippen molar-refractivity contribution in [3.8, 4) is 0 Å². The van der Waals surface area contributed by atoms with E-state index in [1.54, 1.807) is 0 Å². The molecular formula is C11H13NO2. The summed E-state index contributed by atoms with van der Waals surface area (Å²) in [5.74, 6) is -0.0165. The van der Waals surface area contributed by atoms with E-state index in [1.165, 1.54) is 5.56 Å². The molecule has 1 unspecified atom stereocenters. The first kappa shape index (κ1) is 9.21. The third-order valence-corrected chi connectivity index (χ3v) is 2.24. The van der Waals surface area contributed by atoms with Gasteiger partial charge in [0.25, 0.3) is 0 Å². The number of amides is 1. The van der Waals surface area contributed by atoms with Crippen molar-refractivity contribution in [1.82, 2.24) is 5.32 Å². The zero-order valence-corrected chi connectivity index (χ0v) is 7.90. The number of nitrogens with one attached hydrogen (secondary N) is 1. The first-order chi connectivity index (χ1) is 6.84. The average molecular weight is 191 g/mol. The topological polar surface area (TPSA) is 38.3 Å². The SMILES string of the molecule is O=C1COCC(Cc2ccccc2)N1. The molecule has 0 radical (unpaired) electrons. The van der Waals surface area contributed by atoms with Gasteiger partial charge < -0.3 is 10.1 Å². The molecule has 1 amide bonds. The van der Waals surface area contributed by atoms with Crippen LogP contribution in [0.1, 0.15) is 5.56 Å². The highest BCUT2D eigenvalue weighted by atomic mass is 16.5. The molecule has 0 spiro atoms. The highest BCUT2D eigenvalue weighted by Gasteiger charge is 2.18. The van der Waals surface area contributed by atoms with Gasteiger partial charge in [0.1, 0.15) is 6.61 Å². The molecule has 1 heterocycles. The van der Waals surface area contributed by atoms with E-state index >= 15 is 0 Å². The molecule has 1 saturated heterocycles. The molecule has 0 aromatic heterocycles. The zero-order valence-electron chi connectivity index (χ0n) is 7.90. The first-order valence-corrected chi connectivity index (χ1v) is 4.75. The van der Waals surface area contributed by atoms with Crippen LogP contribution in [0.4, 0.5) is 0 Å². The lowest BCUT2D eigenvalue weighted by atomic mass is 10.1. The molecule has 1 fully saturated rings. The molecule has 14 heavy (non-hydrogen) atoms. The van der Waals surface area contributed by atoms with Crippen molar-refractivity contribution >= 4 is 5.91 Å². The smallest absolute Gasteiger partial charge is 0.246 e. The standard InChI is InChI=1S/C11H13NO2/c13-11-8-14-7-10(12-11)6-9-4-2-1-3-5-9/h1-5,10H,6-8H2,(H,12,13). The Morgan fingerprint density at radius 2 is 2.14 bits per heavy atom. The van der Waals surface area contributed by atoms with E-state index in [1.807, 2.05) is 18.2 Å². The molecule has 1 N–H and O–H groups in total. The van der Waals surface area contributed by atoms with Crippen LogP contribution in [-0.2, 0) is 16.0 Å². The average Bonchev–Trinajstić information content (AvgIpc) is 2.19. The summed E-state index contributed by atoms with van der Waals surface area (Å²) < 4.78 is 5.15. The van der Waals surface area contributed by atoms with Gasteiger partial charge in [0.05, 0.1) is 12.6 Å². The Labute approximate surface area is 83.1 Å². The molecule has 1 aliphatic heterocycles. The van der Waals surface area contributed by atoms with E-state index in [2.05, 4.69) is 17.4 Å². The van der Waals surface area contributed by atoms with Crippen LogP contribution in [0.5, 0.6) is 0 Å². The van der Waals surface area contributed by atoms with E-state index in [0.717, 1.165) is 6.42 Å². The van der Waals surface area contributed by atoms with Gasteiger partial charge in [-0.15, -0.1) is 0 Å². The van der Waals surface area contributed by atoms with Crippen LogP contribution < -0.4 is 5.32 Å². The van der Waals surface area contributed by atoms with Crippen molar-refractivity contribution in [2.24, 2.45) is 0 Å². The number of morpholine rings is 1. The van der Waals surface area contributed by atoms with E-state index in [-0.39, 0.29) is 18.6 Å². The first-order valence-electron chi connectivity index (χ1n) is 4.75. The highest BCUT2D eigenvalue weighted by Crippen LogP contribution is 2.05. The van der Waals surface area contributed by atoms with Gasteiger partial charge in [-0.3, -0.25) is 4.79 Å². The molecule has 1 aliphatic rings. The van der Waals surface area contributed by atoms with Gasteiger partial charge in [0.15, 0.2) is 0 Å². The Balaban J connectivity index is 1.94. The van der Waals surface area contributed by atoms with E-state index in [0.29, 0.717) is 6.61 Å². The number of hydrogen-bond acceptors (Lipinski definition) is 2. The molecule has 3 nitrogen and oxygen atoms in total. The summed E-state index contributed by atoms with van der Waals surface area (Å²) in [6, 6.07) is 10.2. The van der Waals surface area contributed by atoms with Crippen molar-refractivity contribution in [3.63, 3.8) is 0 Å². The van der Waals surface area contributed by atoms with Gasteiger partial charge in [0.2, 0.25) is 5.91 Å². The minimum atomic E-state index is -0.0165. The van der Waals surface area contributed by atoms with Crippen LogP contribution >= 0.6 is 0 Å². The molecule has 0 bridgehead atoms. The fourth-order valence-corrected chi connectivity index (χ4v) is 1.61. The minimum absolute atomic E-state index is 0.0165. The highest BCUT2D eigenvalue weighted by molar-refractivity contribution is 5.78. The second-order valence-corrected chi connectivity index (χ2v) is 3.47. The van der Waals surface area contributed by atoms with Crippen molar-refractivity contribution < 1.29 is 9.53 Å². The fraction of sp³-hybridized carbons (Fsp3) is 0.364. The van der Waals surface area contributed by atoms with Crippen molar-refractivity contribution in [2.45, 2.75) is 12.5 Å². The van der Waals surface area contributed by atoms with Gasteiger partial charge in [-0.25, -0.2) is 0 Å². The maximum absolute atomic E-state index is 11.0. The number of hydrogen-bond donors (Lipinski definition) is 1. The predicted octanol–water partition coefficient (Wildman–Crippen LogP) is 0.744. The van der Waals surface area contributed by atoms with Crippen molar-refractivity contribution in [3.05, 3.63) is 35.9 Å². The Hall–Kier alpha value is -1.35. The summed E-state index contributed by atoms with van der Waals surface area (Å²) in [5.41, 5.74) is 1.23. The van der Waals surface area contributed by atoms with Crippen LogP contribution in [0.3, 0.4) is 0 Å². The van der Waals surface area contributed by atoms with Gasteiger partial charge >= 0.3 is 0 Å². The molecule has 74 valence electrons. The lowest BCUT2D eigenvalue weighted by molar-refractivity contribution is -0.131. The zero-order chi connectivity index (χ0) is 9.80. The summed E-state index contributed by atoms with van der Waals surface area (Å²) in [6.07, 6.45) is 0.840. The van der Waals surface area contributed by atoms with Crippen LogP contribution in [0.25, 0.3) is 0 Å². The van der Waals surface area contributed by atoms with Crippen LogP contribution in [-0.4, -0.2) is 25.2 Å². The van der Waals surface area contributed by atoms with E-state index in [9.17, 15) is 4.79 Å². The number of carbonyl (C=O) groups is 1. The lowest BCUT2D eigenvalue weighted by Crippen LogP contribution is -2.46. The third-order valence-electron chi connectivity index (χ3n) is 2.24. The molecule has 3 heteroatoms. The molecule has 1 aromatic rings. The number of ether oxygens (including phenoxy) is 1. The van der Waals surface area contributed by atoms with Gasteiger partial charge in [0, 0.05) is 0 Å². The maximum atomic E-state index is 11.0. The molecule has 2 rings (SSSR count). The monoisotopic (exact) mass is 191 g/mol. The fourth-order valence-electron chi connectivity index (χ4n) is 1.61. The second-order valence-electron chi connectivity index (χ2n) is 3.47. The Morgan fingerprint density at radius 1 is 1.36 bits per heavy atom.